The zero-order valence-corrected chi connectivity index (χ0v) is 11.0. The predicted molar refractivity (Wildman–Crippen MR) is 63.2 cm³/mol. The van der Waals surface area contributed by atoms with Crippen LogP contribution in [-0.2, 0) is 5.41 Å². The molecular formula is C12H23N3. The average molecular weight is 209 g/mol. The maximum absolute atomic E-state index is 4.34. The van der Waals surface area contributed by atoms with E-state index in [4.69, 9.17) is 0 Å². The van der Waals surface area contributed by atoms with Crippen molar-refractivity contribution in [2.75, 3.05) is 0 Å². The molecule has 1 heterocycles. The van der Waals surface area contributed by atoms with E-state index in [1.54, 1.807) is 0 Å². The highest BCUT2D eigenvalue weighted by Gasteiger charge is 2.25. The van der Waals surface area contributed by atoms with Crippen molar-refractivity contribution in [2.45, 2.75) is 65.8 Å². The molecule has 0 radical (unpaired) electrons. The molecule has 0 fully saturated rings. The molecule has 1 aromatic rings. The van der Waals surface area contributed by atoms with Crippen LogP contribution in [-0.4, -0.2) is 14.8 Å². The molecule has 0 aromatic carbocycles. The van der Waals surface area contributed by atoms with E-state index in [-0.39, 0.29) is 5.41 Å². The summed E-state index contributed by atoms with van der Waals surface area (Å²) in [5.74, 6) is 2.60. The van der Waals surface area contributed by atoms with Crippen molar-refractivity contribution in [3.63, 3.8) is 0 Å². The van der Waals surface area contributed by atoms with E-state index in [0.29, 0.717) is 12.0 Å². The van der Waals surface area contributed by atoms with Crippen LogP contribution in [0.4, 0.5) is 0 Å². The zero-order chi connectivity index (χ0) is 11.8. The fourth-order valence-corrected chi connectivity index (χ4v) is 1.72. The van der Waals surface area contributed by atoms with Gasteiger partial charge in [-0.2, -0.15) is 0 Å². The van der Waals surface area contributed by atoms with Gasteiger partial charge in [-0.1, -0.05) is 34.6 Å². The molecular weight excluding hydrogens is 186 g/mol. The van der Waals surface area contributed by atoms with E-state index in [2.05, 4.69) is 63.2 Å². The van der Waals surface area contributed by atoms with Crippen LogP contribution in [0.25, 0.3) is 0 Å². The van der Waals surface area contributed by atoms with Crippen LogP contribution in [0.1, 0.15) is 72.1 Å². The van der Waals surface area contributed by atoms with Gasteiger partial charge in [-0.05, 0) is 13.8 Å². The molecule has 0 aliphatic rings. The number of hydrogen-bond acceptors (Lipinski definition) is 2. The van der Waals surface area contributed by atoms with Gasteiger partial charge in [0.2, 0.25) is 0 Å². The number of nitrogens with zero attached hydrogens (tertiary/aromatic N) is 3. The summed E-state index contributed by atoms with van der Waals surface area (Å²) < 4.78 is 2.27. The Kier molecular flexibility index (Phi) is 3.22. The molecule has 1 aromatic heterocycles. The van der Waals surface area contributed by atoms with Crippen molar-refractivity contribution in [1.82, 2.24) is 14.8 Å². The Morgan fingerprint density at radius 3 is 1.87 bits per heavy atom. The van der Waals surface area contributed by atoms with Crippen molar-refractivity contribution >= 4 is 0 Å². The molecule has 15 heavy (non-hydrogen) atoms. The van der Waals surface area contributed by atoms with Gasteiger partial charge >= 0.3 is 0 Å². The second kappa shape index (κ2) is 3.95. The van der Waals surface area contributed by atoms with Crippen LogP contribution >= 0.6 is 0 Å². The molecule has 3 heteroatoms. The summed E-state index contributed by atoms with van der Waals surface area (Å²) >= 11 is 0. The minimum absolute atomic E-state index is 0.0599. The minimum atomic E-state index is 0.0599. The van der Waals surface area contributed by atoms with E-state index in [9.17, 15) is 0 Å². The molecule has 0 saturated carbocycles. The van der Waals surface area contributed by atoms with Crippen molar-refractivity contribution in [1.29, 1.82) is 0 Å². The summed E-state index contributed by atoms with van der Waals surface area (Å²) in [5, 5.41) is 8.66. The highest BCUT2D eigenvalue weighted by molar-refractivity contribution is 5.09. The Morgan fingerprint density at radius 2 is 1.53 bits per heavy atom. The monoisotopic (exact) mass is 209 g/mol. The summed E-state index contributed by atoms with van der Waals surface area (Å²) in [7, 11) is 0. The summed E-state index contributed by atoms with van der Waals surface area (Å²) in [5.41, 5.74) is 0.0599. The Hall–Kier alpha value is -0.860. The maximum Gasteiger partial charge on any atom is 0.138 e. The largest absolute Gasteiger partial charge is 0.312 e. The fraction of sp³-hybridized carbons (Fsp3) is 0.833. The molecule has 0 aliphatic carbocycles. The lowest BCUT2D eigenvalue weighted by Crippen LogP contribution is -2.21. The topological polar surface area (TPSA) is 30.7 Å². The highest BCUT2D eigenvalue weighted by atomic mass is 15.3. The molecule has 0 amide bonds. The van der Waals surface area contributed by atoms with Crippen LogP contribution in [0, 0.1) is 0 Å². The second-order valence-electron chi connectivity index (χ2n) is 5.75. The zero-order valence-electron chi connectivity index (χ0n) is 11.0. The number of rotatable bonds is 2. The number of aromatic nitrogens is 3. The minimum Gasteiger partial charge on any atom is -0.312 e. The smallest absolute Gasteiger partial charge is 0.138 e. The van der Waals surface area contributed by atoms with Gasteiger partial charge in [0, 0.05) is 17.4 Å². The van der Waals surface area contributed by atoms with Gasteiger partial charge in [0.1, 0.15) is 11.6 Å². The van der Waals surface area contributed by atoms with E-state index in [1.165, 1.54) is 0 Å². The Labute approximate surface area is 92.9 Å². The van der Waals surface area contributed by atoms with Gasteiger partial charge in [0.05, 0.1) is 0 Å². The van der Waals surface area contributed by atoms with Crippen molar-refractivity contribution in [3.05, 3.63) is 11.6 Å². The standard InChI is InChI=1S/C12H23N3/c1-8(2)10-13-14-11(12(5,6)7)15(10)9(3)4/h8-9H,1-7H3. The van der Waals surface area contributed by atoms with E-state index < -0.39 is 0 Å². The quantitative estimate of drug-likeness (QED) is 0.748. The molecule has 0 aliphatic heterocycles. The SMILES string of the molecule is CC(C)c1nnc(C(C)(C)C)n1C(C)C. The van der Waals surface area contributed by atoms with E-state index >= 15 is 0 Å². The Morgan fingerprint density at radius 1 is 1.00 bits per heavy atom. The molecule has 1 rings (SSSR count). The van der Waals surface area contributed by atoms with Crippen LogP contribution in [0.3, 0.4) is 0 Å². The molecule has 0 unspecified atom stereocenters. The van der Waals surface area contributed by atoms with Gasteiger partial charge < -0.3 is 4.57 Å². The van der Waals surface area contributed by atoms with Crippen molar-refractivity contribution in [2.24, 2.45) is 0 Å². The summed E-state index contributed by atoms with van der Waals surface area (Å²) in [6.45, 7) is 15.2. The van der Waals surface area contributed by atoms with Crippen LogP contribution < -0.4 is 0 Å². The van der Waals surface area contributed by atoms with Crippen molar-refractivity contribution < 1.29 is 0 Å². The first kappa shape index (κ1) is 12.2. The van der Waals surface area contributed by atoms with Gasteiger partial charge in [-0.15, -0.1) is 10.2 Å². The van der Waals surface area contributed by atoms with Crippen LogP contribution in [0.2, 0.25) is 0 Å². The van der Waals surface area contributed by atoms with Gasteiger partial charge in [-0.3, -0.25) is 0 Å². The molecule has 0 atom stereocenters. The lowest BCUT2D eigenvalue weighted by atomic mass is 9.95. The highest BCUT2D eigenvalue weighted by Crippen LogP contribution is 2.26. The summed E-state index contributed by atoms with van der Waals surface area (Å²) in [4.78, 5) is 0. The van der Waals surface area contributed by atoms with Gasteiger partial charge in [0.15, 0.2) is 0 Å². The summed E-state index contributed by atoms with van der Waals surface area (Å²) in [6, 6.07) is 0.423. The van der Waals surface area contributed by atoms with Crippen molar-refractivity contribution in [3.8, 4) is 0 Å². The van der Waals surface area contributed by atoms with E-state index in [0.717, 1.165) is 11.6 Å². The second-order valence-corrected chi connectivity index (χ2v) is 5.75. The third-order valence-electron chi connectivity index (χ3n) is 2.43. The first-order valence-corrected chi connectivity index (χ1v) is 5.70. The molecule has 0 bridgehead atoms. The average Bonchev–Trinajstić information content (AvgIpc) is 2.45. The molecule has 0 saturated heterocycles. The van der Waals surface area contributed by atoms with Gasteiger partial charge in [-0.25, -0.2) is 0 Å². The fourth-order valence-electron chi connectivity index (χ4n) is 1.72. The predicted octanol–water partition coefficient (Wildman–Crippen LogP) is 3.28. The third-order valence-corrected chi connectivity index (χ3v) is 2.43. The molecule has 0 spiro atoms. The molecule has 86 valence electrons. The Balaban J connectivity index is 3.31. The third kappa shape index (κ3) is 2.39. The van der Waals surface area contributed by atoms with Crippen LogP contribution in [0.5, 0.6) is 0 Å². The number of hydrogen-bond donors (Lipinski definition) is 0. The van der Waals surface area contributed by atoms with Crippen LogP contribution in [0.15, 0.2) is 0 Å². The molecule has 0 N–H and O–H groups in total. The normalized spacial score (nSPS) is 12.9. The summed E-state index contributed by atoms with van der Waals surface area (Å²) in [6.07, 6.45) is 0. The van der Waals surface area contributed by atoms with E-state index in [1.807, 2.05) is 0 Å². The lowest BCUT2D eigenvalue weighted by Gasteiger charge is -2.23. The van der Waals surface area contributed by atoms with Gasteiger partial charge in [0.25, 0.3) is 0 Å². The Bertz CT molecular complexity index is 329. The maximum atomic E-state index is 4.34. The first-order chi connectivity index (χ1) is 6.75. The first-order valence-electron chi connectivity index (χ1n) is 5.70. The molecule has 3 nitrogen and oxygen atoms in total. The lowest BCUT2D eigenvalue weighted by molar-refractivity contribution is 0.454.